The Hall–Kier alpha value is -2.95. The van der Waals surface area contributed by atoms with E-state index in [0.29, 0.717) is 6.42 Å². The van der Waals surface area contributed by atoms with Crippen molar-refractivity contribution in [1.82, 2.24) is 0 Å². The molecule has 1 aliphatic carbocycles. The number of hydrogen-bond donors (Lipinski definition) is 1. The molecule has 1 heterocycles. The Bertz CT molecular complexity index is 886. The highest BCUT2D eigenvalue weighted by Gasteiger charge is 2.33. The fourth-order valence-electron chi connectivity index (χ4n) is 3.62. The van der Waals surface area contributed by atoms with Crippen LogP contribution in [0.15, 0.2) is 54.1 Å². The summed E-state index contributed by atoms with van der Waals surface area (Å²) in [6.45, 7) is 0. The molecule has 2 aliphatic rings. The summed E-state index contributed by atoms with van der Waals surface area (Å²) in [4.78, 5) is 10.7. The number of ether oxygens (including phenoxy) is 1. The smallest absolute Gasteiger partial charge is 0.269 e. The Morgan fingerprint density at radius 1 is 1.12 bits per heavy atom. The van der Waals surface area contributed by atoms with Crippen LogP contribution >= 0.6 is 0 Å². The fourth-order valence-corrected chi connectivity index (χ4v) is 3.62. The molecule has 0 spiro atoms. The zero-order valence-corrected chi connectivity index (χ0v) is 13.0. The molecule has 1 atom stereocenters. The molecule has 1 unspecified atom stereocenters. The third-order valence-corrected chi connectivity index (χ3v) is 4.74. The lowest BCUT2D eigenvalue weighted by molar-refractivity contribution is -0.384. The molecule has 0 saturated heterocycles. The number of nitro groups is 1. The van der Waals surface area contributed by atoms with E-state index in [1.807, 2.05) is 24.3 Å². The molecule has 2 aromatic carbocycles. The van der Waals surface area contributed by atoms with Gasteiger partial charge in [0.2, 0.25) is 0 Å². The van der Waals surface area contributed by atoms with Crippen molar-refractivity contribution in [3.63, 3.8) is 0 Å². The highest BCUT2D eigenvalue weighted by molar-refractivity contribution is 5.87. The van der Waals surface area contributed by atoms with E-state index in [-0.39, 0.29) is 22.4 Å². The molecule has 24 heavy (non-hydrogen) atoms. The van der Waals surface area contributed by atoms with E-state index in [4.69, 9.17) is 10.1 Å². The second kappa shape index (κ2) is 5.60. The van der Waals surface area contributed by atoms with Gasteiger partial charge in [-0.15, -0.1) is 0 Å². The summed E-state index contributed by atoms with van der Waals surface area (Å²) in [5, 5.41) is 19.2. The number of nitro benzene ring substituents is 1. The molecule has 0 bridgehead atoms. The van der Waals surface area contributed by atoms with Crippen LogP contribution in [0.1, 0.15) is 35.4 Å². The number of non-ortho nitro benzene ring substituents is 1. The zero-order chi connectivity index (χ0) is 16.7. The number of benzene rings is 2. The lowest BCUT2D eigenvalue weighted by Gasteiger charge is -2.33. The first-order valence-electron chi connectivity index (χ1n) is 7.94. The Morgan fingerprint density at radius 2 is 1.96 bits per heavy atom. The molecule has 0 fully saturated rings. The molecular weight excluding hydrogens is 304 g/mol. The fraction of sp³-hybridized carbons (Fsp3) is 0.211. The number of nitrogens with zero attached hydrogens (tertiary/aromatic N) is 1. The van der Waals surface area contributed by atoms with Gasteiger partial charge >= 0.3 is 0 Å². The predicted octanol–water partition coefficient (Wildman–Crippen LogP) is 4.43. The molecule has 0 aromatic heterocycles. The summed E-state index contributed by atoms with van der Waals surface area (Å²) in [7, 11) is 0. The third kappa shape index (κ3) is 2.38. The van der Waals surface area contributed by atoms with Crippen LogP contribution in [0.4, 0.5) is 5.69 Å². The molecule has 5 heteroatoms. The molecule has 5 nitrogen and oxygen atoms in total. The van der Waals surface area contributed by atoms with Crippen LogP contribution < -0.4 is 0 Å². The van der Waals surface area contributed by atoms with Crippen molar-refractivity contribution in [1.29, 1.82) is 5.41 Å². The maximum atomic E-state index is 11.1. The number of aryl methyl sites for hydroxylation is 1. The summed E-state index contributed by atoms with van der Waals surface area (Å²) >= 11 is 0. The summed E-state index contributed by atoms with van der Waals surface area (Å²) in [6.07, 6.45) is 2.23. The van der Waals surface area contributed by atoms with E-state index < -0.39 is 0 Å². The van der Waals surface area contributed by atoms with Crippen LogP contribution in [0.25, 0.3) is 5.76 Å². The van der Waals surface area contributed by atoms with Crippen LogP contribution in [0.2, 0.25) is 0 Å². The minimum absolute atomic E-state index is 0.0329. The molecule has 0 radical (unpaired) electrons. The van der Waals surface area contributed by atoms with Crippen molar-refractivity contribution in [2.24, 2.45) is 0 Å². The quantitative estimate of drug-likeness (QED) is 0.656. The van der Waals surface area contributed by atoms with Gasteiger partial charge in [0.25, 0.3) is 5.69 Å². The topological polar surface area (TPSA) is 76.2 Å². The molecule has 0 saturated carbocycles. The van der Waals surface area contributed by atoms with E-state index >= 15 is 0 Å². The first-order valence-corrected chi connectivity index (χ1v) is 7.94. The Labute approximate surface area is 139 Å². The van der Waals surface area contributed by atoms with Crippen LogP contribution in [-0.4, -0.2) is 10.8 Å². The van der Waals surface area contributed by atoms with Gasteiger partial charge in [0.05, 0.1) is 4.92 Å². The lowest BCUT2D eigenvalue weighted by atomic mass is 9.78. The van der Waals surface area contributed by atoms with E-state index in [1.54, 1.807) is 12.1 Å². The maximum Gasteiger partial charge on any atom is 0.269 e. The van der Waals surface area contributed by atoms with Gasteiger partial charge in [-0.2, -0.15) is 0 Å². The van der Waals surface area contributed by atoms with Gasteiger partial charge in [-0.05, 0) is 29.5 Å². The van der Waals surface area contributed by atoms with Gasteiger partial charge in [0, 0.05) is 30.0 Å². The van der Waals surface area contributed by atoms with E-state index in [1.165, 1.54) is 11.6 Å². The highest BCUT2D eigenvalue weighted by Crippen LogP contribution is 2.45. The van der Waals surface area contributed by atoms with Crippen molar-refractivity contribution in [2.75, 3.05) is 0 Å². The third-order valence-electron chi connectivity index (χ3n) is 4.74. The molecule has 0 amide bonds. The SMILES string of the molecule is N=C1CC(c2cccc([N+](=O)[O-])c2)C2=C(O1)c1ccccc1CC2. The van der Waals surface area contributed by atoms with E-state index in [0.717, 1.165) is 35.3 Å². The number of allylic oxidation sites excluding steroid dienone is 1. The monoisotopic (exact) mass is 320 g/mol. The Kier molecular flexibility index (Phi) is 3.41. The van der Waals surface area contributed by atoms with Crippen LogP contribution in [0.5, 0.6) is 0 Å². The lowest BCUT2D eigenvalue weighted by Crippen LogP contribution is -2.23. The first-order chi connectivity index (χ1) is 11.6. The standard InChI is InChI=1S/C19H16N2O3/c20-18-11-17(13-5-3-6-14(10-13)21(22)23)16-9-8-12-4-1-2-7-15(12)19(16)24-18/h1-7,10,17,20H,8-9,11H2. The predicted molar refractivity (Wildman–Crippen MR) is 90.9 cm³/mol. The first kappa shape index (κ1) is 14.6. The average Bonchev–Trinajstić information content (AvgIpc) is 2.61. The van der Waals surface area contributed by atoms with Crippen molar-refractivity contribution < 1.29 is 9.66 Å². The summed E-state index contributed by atoms with van der Waals surface area (Å²) < 4.78 is 5.78. The van der Waals surface area contributed by atoms with Crippen molar-refractivity contribution in [3.05, 3.63) is 80.9 Å². The largest absolute Gasteiger partial charge is 0.443 e. The summed E-state index contributed by atoms with van der Waals surface area (Å²) in [5.41, 5.74) is 4.38. The number of hydrogen-bond acceptors (Lipinski definition) is 4. The molecule has 4 rings (SSSR count). The van der Waals surface area contributed by atoms with Crippen LogP contribution in [-0.2, 0) is 11.2 Å². The van der Waals surface area contributed by atoms with Gasteiger partial charge in [0.1, 0.15) is 5.76 Å². The number of rotatable bonds is 2. The van der Waals surface area contributed by atoms with Gasteiger partial charge in [0.15, 0.2) is 5.90 Å². The zero-order valence-electron chi connectivity index (χ0n) is 13.0. The van der Waals surface area contributed by atoms with Gasteiger partial charge in [-0.25, -0.2) is 0 Å². The Morgan fingerprint density at radius 3 is 2.79 bits per heavy atom. The van der Waals surface area contributed by atoms with Crippen molar-refractivity contribution in [3.8, 4) is 0 Å². The molecular formula is C19H16N2O3. The average molecular weight is 320 g/mol. The highest BCUT2D eigenvalue weighted by atomic mass is 16.6. The van der Waals surface area contributed by atoms with E-state index in [2.05, 4.69) is 6.07 Å². The summed E-state index contributed by atoms with van der Waals surface area (Å²) in [6, 6.07) is 14.8. The minimum atomic E-state index is -0.375. The minimum Gasteiger partial charge on any atom is -0.443 e. The summed E-state index contributed by atoms with van der Waals surface area (Å²) in [5.74, 6) is 0.945. The molecule has 1 N–H and O–H groups in total. The van der Waals surface area contributed by atoms with Crippen molar-refractivity contribution >= 4 is 17.3 Å². The van der Waals surface area contributed by atoms with Gasteiger partial charge in [-0.3, -0.25) is 15.5 Å². The second-order valence-electron chi connectivity index (χ2n) is 6.15. The van der Waals surface area contributed by atoms with Crippen molar-refractivity contribution in [2.45, 2.75) is 25.2 Å². The molecule has 2 aromatic rings. The number of nitrogens with one attached hydrogen (secondary N) is 1. The second-order valence-corrected chi connectivity index (χ2v) is 6.15. The molecule has 1 aliphatic heterocycles. The molecule has 120 valence electrons. The van der Waals surface area contributed by atoms with Gasteiger partial charge in [-0.1, -0.05) is 36.4 Å². The maximum absolute atomic E-state index is 11.1. The van der Waals surface area contributed by atoms with E-state index in [9.17, 15) is 10.1 Å². The Balaban J connectivity index is 1.84. The normalized spacial score (nSPS) is 19.3. The van der Waals surface area contributed by atoms with Crippen LogP contribution in [0, 0.1) is 15.5 Å². The van der Waals surface area contributed by atoms with Gasteiger partial charge < -0.3 is 4.74 Å². The van der Waals surface area contributed by atoms with Crippen LogP contribution in [0.3, 0.4) is 0 Å². The number of fused-ring (bicyclic) bond motifs is 2.